The number of rotatable bonds is 61. The van der Waals surface area contributed by atoms with E-state index in [1.807, 2.05) is 6.08 Å². The summed E-state index contributed by atoms with van der Waals surface area (Å²) in [7, 11) is 0. The second-order valence-corrected chi connectivity index (χ2v) is 22.3. The van der Waals surface area contributed by atoms with Gasteiger partial charge < -0.3 is 14.2 Å². The van der Waals surface area contributed by atoms with Gasteiger partial charge in [0.15, 0.2) is 6.10 Å². The first-order valence-electron chi connectivity index (χ1n) is 34.3. The van der Waals surface area contributed by atoms with Crippen LogP contribution in [-0.2, 0) is 28.6 Å². The summed E-state index contributed by atoms with van der Waals surface area (Å²) in [5.41, 5.74) is 0. The average molecular weight is 1150 g/mol. The van der Waals surface area contributed by atoms with E-state index < -0.39 is 6.10 Å². The number of carbonyl (C=O) groups is 3. The lowest BCUT2D eigenvalue weighted by molar-refractivity contribution is -0.166. The molecule has 0 aromatic rings. The van der Waals surface area contributed by atoms with Gasteiger partial charge in [-0.15, -0.1) is 0 Å². The molecule has 0 aliphatic carbocycles. The molecular weight excluding hydrogens is 1020 g/mol. The maximum atomic E-state index is 12.9. The van der Waals surface area contributed by atoms with Crippen molar-refractivity contribution in [1.82, 2.24) is 0 Å². The predicted octanol–water partition coefficient (Wildman–Crippen LogP) is 23.9. The van der Waals surface area contributed by atoms with Crippen molar-refractivity contribution in [2.24, 2.45) is 0 Å². The fourth-order valence-electron chi connectivity index (χ4n) is 9.32. The Balaban J connectivity index is 4.32. The molecule has 0 bridgehead atoms. The van der Waals surface area contributed by atoms with Gasteiger partial charge in [-0.2, -0.15) is 0 Å². The van der Waals surface area contributed by atoms with Crippen LogP contribution in [0.4, 0.5) is 0 Å². The predicted molar refractivity (Wildman–Crippen MR) is 362 cm³/mol. The molecule has 0 spiro atoms. The van der Waals surface area contributed by atoms with Crippen molar-refractivity contribution in [3.8, 4) is 0 Å². The fraction of sp³-hybridized carbons (Fsp3) is 0.649. The molecule has 470 valence electrons. The third-order valence-corrected chi connectivity index (χ3v) is 14.3. The van der Waals surface area contributed by atoms with Crippen LogP contribution in [-0.4, -0.2) is 37.2 Å². The summed E-state index contributed by atoms with van der Waals surface area (Å²) in [5.74, 6) is -0.986. The minimum Gasteiger partial charge on any atom is -0.462 e. The zero-order valence-electron chi connectivity index (χ0n) is 53.9. The topological polar surface area (TPSA) is 78.9 Å². The fourth-order valence-corrected chi connectivity index (χ4v) is 9.32. The van der Waals surface area contributed by atoms with Crippen LogP contribution in [0.5, 0.6) is 0 Å². The third-order valence-electron chi connectivity index (χ3n) is 14.3. The van der Waals surface area contributed by atoms with Crippen LogP contribution in [0.2, 0.25) is 0 Å². The first-order chi connectivity index (χ1) is 41.0. The summed E-state index contributed by atoms with van der Waals surface area (Å²) in [4.78, 5) is 38.4. The van der Waals surface area contributed by atoms with Crippen molar-refractivity contribution < 1.29 is 28.6 Å². The van der Waals surface area contributed by atoms with Crippen LogP contribution < -0.4 is 0 Å². The molecule has 0 radical (unpaired) electrons. The van der Waals surface area contributed by atoms with Gasteiger partial charge in [-0.3, -0.25) is 14.4 Å². The molecule has 0 amide bonds. The Kier molecular flexibility index (Phi) is 65.8. The third kappa shape index (κ3) is 68.0. The molecule has 6 nitrogen and oxygen atoms in total. The number of unbranched alkanes of at least 4 members (excludes halogenated alkanes) is 26. The van der Waals surface area contributed by atoms with E-state index >= 15 is 0 Å². The molecule has 1 atom stereocenters. The molecule has 0 aliphatic heterocycles. The molecule has 6 heteroatoms. The normalized spacial score (nSPS) is 13.0. The quantitative estimate of drug-likeness (QED) is 0.0261. The van der Waals surface area contributed by atoms with E-state index in [2.05, 4.69) is 161 Å². The molecule has 0 aromatic heterocycles. The Morgan fingerprint density at radius 1 is 0.241 bits per heavy atom. The Hall–Kier alpha value is -4.71. The molecule has 0 fully saturated rings. The van der Waals surface area contributed by atoms with E-state index in [0.717, 1.165) is 116 Å². The van der Waals surface area contributed by atoms with Crippen molar-refractivity contribution >= 4 is 17.9 Å². The Bertz CT molecular complexity index is 1800. The second-order valence-electron chi connectivity index (χ2n) is 22.3. The average Bonchev–Trinajstić information content (AvgIpc) is 3.49. The monoisotopic (exact) mass is 1150 g/mol. The zero-order chi connectivity index (χ0) is 59.9. The maximum Gasteiger partial charge on any atom is 0.306 e. The van der Waals surface area contributed by atoms with Gasteiger partial charge >= 0.3 is 17.9 Å². The molecule has 1 unspecified atom stereocenters. The molecule has 0 aromatic carbocycles. The largest absolute Gasteiger partial charge is 0.462 e. The first-order valence-corrected chi connectivity index (χ1v) is 34.3. The Morgan fingerprint density at radius 3 is 0.747 bits per heavy atom. The SMILES string of the molecule is CC/C=C\C/C=C\C/C=C\C/C=C\CCCCCCCCCCCCCCCCC(=O)OCC(COC(=O)CC/C=C\C/C=C\C/C=C\C/C=C\CC)OC(=O)CCCCCCCCCCCCCC/C=C\C/C=C\C/C=C\C/C=C\CC. The summed E-state index contributed by atoms with van der Waals surface area (Å²) >= 11 is 0. The van der Waals surface area contributed by atoms with Crippen LogP contribution in [0.25, 0.3) is 0 Å². The summed E-state index contributed by atoms with van der Waals surface area (Å²) in [6.07, 6.45) is 100. The minimum absolute atomic E-state index is 0.104. The van der Waals surface area contributed by atoms with Crippen LogP contribution in [0.1, 0.15) is 303 Å². The zero-order valence-corrected chi connectivity index (χ0v) is 53.9. The number of esters is 3. The Morgan fingerprint density at radius 2 is 0.458 bits per heavy atom. The number of ether oxygens (including phenoxy) is 3. The van der Waals surface area contributed by atoms with Crippen molar-refractivity contribution in [3.63, 3.8) is 0 Å². The standard InChI is InChI=1S/C77H126O6/c1-4-7-10-13-16-19-22-25-27-29-31-33-35-37-38-40-41-43-45-47-49-52-55-58-61-64-67-70-76(79)82-73-74(72-81-75(78)69-66-63-60-57-54-51-24-21-18-15-12-9-6-3)83-77(80)71-68-65-62-59-56-53-50-48-46-44-42-39-36-34-32-30-28-26-23-20-17-14-11-8-5-2/h7-12,16-21,25-28,31-34,51,54,60,63,74H,4-6,13-15,22-24,29-30,35-50,52-53,55-59,61-62,64-73H2,1-3H3/b10-7-,11-8-,12-9-,19-16-,20-17-,21-18-,27-25-,28-26-,33-31-,34-32-,54-51-,63-60-. The molecule has 0 rings (SSSR count). The highest BCUT2D eigenvalue weighted by Gasteiger charge is 2.19. The van der Waals surface area contributed by atoms with Gasteiger partial charge in [-0.1, -0.05) is 308 Å². The van der Waals surface area contributed by atoms with Crippen LogP contribution >= 0.6 is 0 Å². The molecule has 0 saturated carbocycles. The first kappa shape index (κ1) is 78.3. The van der Waals surface area contributed by atoms with Crippen molar-refractivity contribution in [2.45, 2.75) is 309 Å². The number of hydrogen-bond donors (Lipinski definition) is 0. The molecule has 0 aliphatic rings. The lowest BCUT2D eigenvalue weighted by atomic mass is 10.0. The molecule has 0 saturated heterocycles. The number of allylic oxidation sites excluding steroid dienone is 24. The molecule has 83 heavy (non-hydrogen) atoms. The summed E-state index contributed by atoms with van der Waals surface area (Å²) < 4.78 is 16.9. The van der Waals surface area contributed by atoms with Gasteiger partial charge in [-0.05, 0) is 122 Å². The molecule has 0 heterocycles. The summed E-state index contributed by atoms with van der Waals surface area (Å²) in [6.45, 7) is 6.25. The van der Waals surface area contributed by atoms with Crippen LogP contribution in [0, 0.1) is 0 Å². The van der Waals surface area contributed by atoms with E-state index in [0.29, 0.717) is 19.3 Å². The Labute approximate surface area is 512 Å². The van der Waals surface area contributed by atoms with Gasteiger partial charge in [0, 0.05) is 19.3 Å². The highest BCUT2D eigenvalue weighted by molar-refractivity contribution is 5.71. The van der Waals surface area contributed by atoms with Crippen molar-refractivity contribution in [3.05, 3.63) is 146 Å². The lowest BCUT2D eigenvalue weighted by Crippen LogP contribution is -2.30. The molecular formula is C77H126O6. The van der Waals surface area contributed by atoms with Gasteiger partial charge in [-0.25, -0.2) is 0 Å². The summed E-state index contributed by atoms with van der Waals surface area (Å²) in [5, 5.41) is 0. The van der Waals surface area contributed by atoms with Gasteiger partial charge in [0.05, 0.1) is 0 Å². The lowest BCUT2D eigenvalue weighted by Gasteiger charge is -2.18. The smallest absolute Gasteiger partial charge is 0.306 e. The van der Waals surface area contributed by atoms with E-state index in [-0.39, 0.29) is 37.5 Å². The van der Waals surface area contributed by atoms with Gasteiger partial charge in [0.1, 0.15) is 13.2 Å². The van der Waals surface area contributed by atoms with Gasteiger partial charge in [0.25, 0.3) is 0 Å². The number of carbonyl (C=O) groups excluding carboxylic acids is 3. The second kappa shape index (κ2) is 69.8. The highest BCUT2D eigenvalue weighted by atomic mass is 16.6. The molecule has 0 N–H and O–H groups in total. The van der Waals surface area contributed by atoms with E-state index in [1.54, 1.807) is 0 Å². The highest BCUT2D eigenvalue weighted by Crippen LogP contribution is 2.17. The van der Waals surface area contributed by atoms with Gasteiger partial charge in [0.2, 0.25) is 0 Å². The summed E-state index contributed by atoms with van der Waals surface area (Å²) in [6, 6.07) is 0. The van der Waals surface area contributed by atoms with E-state index in [1.165, 1.54) is 141 Å². The maximum absolute atomic E-state index is 12.9. The van der Waals surface area contributed by atoms with Crippen LogP contribution in [0.15, 0.2) is 146 Å². The van der Waals surface area contributed by atoms with E-state index in [9.17, 15) is 14.4 Å². The van der Waals surface area contributed by atoms with Crippen LogP contribution in [0.3, 0.4) is 0 Å². The van der Waals surface area contributed by atoms with E-state index in [4.69, 9.17) is 14.2 Å². The van der Waals surface area contributed by atoms with Crippen molar-refractivity contribution in [2.75, 3.05) is 13.2 Å². The number of hydrogen-bond acceptors (Lipinski definition) is 6. The minimum atomic E-state index is -0.815. The van der Waals surface area contributed by atoms with Crippen molar-refractivity contribution in [1.29, 1.82) is 0 Å².